The van der Waals surface area contributed by atoms with Crippen molar-refractivity contribution in [3.8, 4) is 0 Å². The first-order chi connectivity index (χ1) is 7.84. The molecule has 1 aromatic rings. The molecule has 1 aliphatic carbocycles. The SMILES string of the molecule is NC(Cc1ccco1)CC1CCCCCC1. The molecule has 0 spiro atoms. The molecule has 2 nitrogen and oxygen atoms in total. The molecule has 1 unspecified atom stereocenters. The molecule has 1 aromatic heterocycles. The van der Waals surface area contributed by atoms with Crippen molar-refractivity contribution in [2.45, 2.75) is 57.4 Å². The van der Waals surface area contributed by atoms with Crippen LogP contribution >= 0.6 is 0 Å². The first-order valence-electron chi connectivity index (χ1n) is 6.62. The summed E-state index contributed by atoms with van der Waals surface area (Å²) in [5.74, 6) is 1.88. The second-order valence-corrected chi connectivity index (χ2v) is 5.14. The summed E-state index contributed by atoms with van der Waals surface area (Å²) in [5.41, 5.74) is 6.19. The molecule has 1 aliphatic rings. The lowest BCUT2D eigenvalue weighted by molar-refractivity contribution is 0.373. The third-order valence-corrected chi connectivity index (χ3v) is 3.65. The molecule has 90 valence electrons. The summed E-state index contributed by atoms with van der Waals surface area (Å²) in [5, 5.41) is 0. The Morgan fingerprint density at radius 2 is 2.00 bits per heavy atom. The van der Waals surface area contributed by atoms with Crippen molar-refractivity contribution in [3.63, 3.8) is 0 Å². The summed E-state index contributed by atoms with van der Waals surface area (Å²) >= 11 is 0. The van der Waals surface area contributed by atoms with Crippen LogP contribution < -0.4 is 5.73 Å². The van der Waals surface area contributed by atoms with Crippen molar-refractivity contribution < 1.29 is 4.42 Å². The maximum Gasteiger partial charge on any atom is 0.105 e. The molecule has 0 amide bonds. The van der Waals surface area contributed by atoms with Crippen LogP contribution in [-0.4, -0.2) is 6.04 Å². The van der Waals surface area contributed by atoms with Gasteiger partial charge in [-0.1, -0.05) is 38.5 Å². The average molecular weight is 221 g/mol. The van der Waals surface area contributed by atoms with Crippen molar-refractivity contribution in [2.24, 2.45) is 11.7 Å². The summed E-state index contributed by atoms with van der Waals surface area (Å²) in [6, 6.07) is 4.23. The van der Waals surface area contributed by atoms with Gasteiger partial charge in [-0.25, -0.2) is 0 Å². The van der Waals surface area contributed by atoms with Gasteiger partial charge in [-0.05, 0) is 24.5 Å². The van der Waals surface area contributed by atoms with Crippen LogP contribution in [0.3, 0.4) is 0 Å². The van der Waals surface area contributed by atoms with E-state index < -0.39 is 0 Å². The first kappa shape index (κ1) is 11.7. The van der Waals surface area contributed by atoms with Gasteiger partial charge in [0, 0.05) is 12.5 Å². The van der Waals surface area contributed by atoms with Gasteiger partial charge < -0.3 is 10.2 Å². The van der Waals surface area contributed by atoms with Crippen LogP contribution in [0.4, 0.5) is 0 Å². The summed E-state index contributed by atoms with van der Waals surface area (Å²) in [6.07, 6.45) is 12.2. The molecule has 2 heteroatoms. The van der Waals surface area contributed by atoms with Gasteiger partial charge in [-0.2, -0.15) is 0 Å². The highest BCUT2D eigenvalue weighted by molar-refractivity contribution is 5.00. The van der Waals surface area contributed by atoms with Gasteiger partial charge in [0.2, 0.25) is 0 Å². The Labute approximate surface area is 98.2 Å². The molecule has 0 radical (unpaired) electrons. The molecule has 16 heavy (non-hydrogen) atoms. The van der Waals surface area contributed by atoms with Gasteiger partial charge in [0.25, 0.3) is 0 Å². The fourth-order valence-electron chi connectivity index (χ4n) is 2.80. The minimum Gasteiger partial charge on any atom is -0.469 e. The number of nitrogens with two attached hydrogens (primary N) is 1. The van der Waals surface area contributed by atoms with Crippen LogP contribution in [0, 0.1) is 5.92 Å². The fraction of sp³-hybridized carbons (Fsp3) is 0.714. The number of rotatable bonds is 4. The quantitative estimate of drug-likeness (QED) is 0.790. The van der Waals surface area contributed by atoms with E-state index >= 15 is 0 Å². The normalized spacial score (nSPS) is 20.6. The standard InChI is InChI=1S/C14H23NO/c15-13(11-14-8-5-9-16-14)10-12-6-3-1-2-4-7-12/h5,8-9,12-13H,1-4,6-7,10-11,15H2. The van der Waals surface area contributed by atoms with E-state index in [2.05, 4.69) is 0 Å². The average Bonchev–Trinajstić information content (AvgIpc) is 2.62. The number of furan rings is 1. The number of hydrogen-bond donors (Lipinski definition) is 1. The Morgan fingerprint density at radius 1 is 1.25 bits per heavy atom. The van der Waals surface area contributed by atoms with E-state index in [-0.39, 0.29) is 6.04 Å². The predicted molar refractivity (Wildman–Crippen MR) is 66.2 cm³/mol. The second kappa shape index (κ2) is 6.09. The zero-order valence-corrected chi connectivity index (χ0v) is 10.0. The van der Waals surface area contributed by atoms with E-state index in [9.17, 15) is 0 Å². The molecule has 1 saturated carbocycles. The van der Waals surface area contributed by atoms with Crippen LogP contribution in [0.5, 0.6) is 0 Å². The molecular formula is C14H23NO. The van der Waals surface area contributed by atoms with Crippen LogP contribution in [0.15, 0.2) is 22.8 Å². The monoisotopic (exact) mass is 221 g/mol. The topological polar surface area (TPSA) is 39.2 Å². The first-order valence-corrected chi connectivity index (χ1v) is 6.62. The summed E-state index contributed by atoms with van der Waals surface area (Å²) in [7, 11) is 0. The van der Waals surface area contributed by atoms with E-state index in [0.717, 1.165) is 18.1 Å². The van der Waals surface area contributed by atoms with E-state index in [0.29, 0.717) is 0 Å². The number of hydrogen-bond acceptors (Lipinski definition) is 2. The highest BCUT2D eigenvalue weighted by Crippen LogP contribution is 2.26. The molecule has 1 fully saturated rings. The summed E-state index contributed by atoms with van der Waals surface area (Å²) < 4.78 is 5.34. The molecule has 0 saturated heterocycles. The summed E-state index contributed by atoms with van der Waals surface area (Å²) in [4.78, 5) is 0. The molecule has 1 atom stereocenters. The van der Waals surface area contributed by atoms with Gasteiger partial charge in [0.05, 0.1) is 6.26 Å². The summed E-state index contributed by atoms with van der Waals surface area (Å²) in [6.45, 7) is 0. The smallest absolute Gasteiger partial charge is 0.105 e. The van der Waals surface area contributed by atoms with Gasteiger partial charge in [0.1, 0.15) is 5.76 Å². The molecule has 2 N–H and O–H groups in total. The van der Waals surface area contributed by atoms with Crippen LogP contribution in [0.1, 0.15) is 50.7 Å². The van der Waals surface area contributed by atoms with Crippen molar-refractivity contribution >= 4 is 0 Å². The van der Waals surface area contributed by atoms with Crippen LogP contribution in [-0.2, 0) is 6.42 Å². The maximum absolute atomic E-state index is 6.19. The fourth-order valence-corrected chi connectivity index (χ4v) is 2.80. The third kappa shape index (κ3) is 3.67. The Hall–Kier alpha value is -0.760. The Kier molecular flexibility index (Phi) is 4.46. The largest absolute Gasteiger partial charge is 0.469 e. The molecule has 0 bridgehead atoms. The Bertz CT molecular complexity index is 273. The van der Waals surface area contributed by atoms with E-state index in [1.165, 1.54) is 44.9 Å². The van der Waals surface area contributed by atoms with Gasteiger partial charge in [-0.15, -0.1) is 0 Å². The maximum atomic E-state index is 6.19. The van der Waals surface area contributed by atoms with E-state index in [1.807, 2.05) is 12.1 Å². The van der Waals surface area contributed by atoms with Crippen molar-refractivity contribution in [1.29, 1.82) is 0 Å². The Morgan fingerprint density at radius 3 is 2.62 bits per heavy atom. The lowest BCUT2D eigenvalue weighted by Crippen LogP contribution is -2.25. The third-order valence-electron chi connectivity index (χ3n) is 3.65. The van der Waals surface area contributed by atoms with Gasteiger partial charge in [-0.3, -0.25) is 0 Å². The predicted octanol–water partition coefficient (Wildman–Crippen LogP) is 3.51. The lowest BCUT2D eigenvalue weighted by atomic mass is 9.91. The Balaban J connectivity index is 1.75. The van der Waals surface area contributed by atoms with Gasteiger partial charge in [0.15, 0.2) is 0 Å². The second-order valence-electron chi connectivity index (χ2n) is 5.14. The zero-order chi connectivity index (χ0) is 11.2. The molecule has 0 aliphatic heterocycles. The van der Waals surface area contributed by atoms with E-state index in [1.54, 1.807) is 6.26 Å². The highest BCUT2D eigenvalue weighted by Gasteiger charge is 2.16. The van der Waals surface area contributed by atoms with E-state index in [4.69, 9.17) is 10.2 Å². The molecular weight excluding hydrogens is 198 g/mol. The zero-order valence-electron chi connectivity index (χ0n) is 10.0. The minimum atomic E-state index is 0.272. The van der Waals surface area contributed by atoms with Crippen LogP contribution in [0.25, 0.3) is 0 Å². The van der Waals surface area contributed by atoms with Crippen molar-refractivity contribution in [1.82, 2.24) is 0 Å². The van der Waals surface area contributed by atoms with Crippen molar-refractivity contribution in [2.75, 3.05) is 0 Å². The lowest BCUT2D eigenvalue weighted by Gasteiger charge is -2.18. The minimum absolute atomic E-state index is 0.272. The highest BCUT2D eigenvalue weighted by atomic mass is 16.3. The molecule has 1 heterocycles. The van der Waals surface area contributed by atoms with Crippen molar-refractivity contribution in [3.05, 3.63) is 24.2 Å². The van der Waals surface area contributed by atoms with Gasteiger partial charge >= 0.3 is 0 Å². The van der Waals surface area contributed by atoms with Crippen LogP contribution in [0.2, 0.25) is 0 Å². The molecule has 2 rings (SSSR count). The molecule has 0 aromatic carbocycles.